The number of carbonyl (C=O) groups is 5. The first kappa shape index (κ1) is 24.3. The third-order valence-corrected chi connectivity index (χ3v) is 2.85. The third-order valence-electron chi connectivity index (χ3n) is 2.85. The van der Waals surface area contributed by atoms with E-state index in [4.69, 9.17) is 33.6 Å². The van der Waals surface area contributed by atoms with E-state index in [0.29, 0.717) is 0 Å². The molecule has 11 nitrogen and oxygen atoms in total. The number of ether oxygens (including phenoxy) is 5. The van der Waals surface area contributed by atoms with E-state index in [1.807, 2.05) is 0 Å². The second-order valence-corrected chi connectivity index (χ2v) is 5.49. The summed E-state index contributed by atoms with van der Waals surface area (Å²) in [6.07, 6.45) is -3.83. The van der Waals surface area contributed by atoms with Gasteiger partial charge in [-0.15, -0.1) is 0 Å². The maximum Gasteiger partial charge on any atom is 0.304 e. The average Bonchev–Trinajstić information content (AvgIpc) is 2.45. The lowest BCUT2D eigenvalue weighted by Gasteiger charge is -2.39. The van der Waals surface area contributed by atoms with Crippen LogP contribution in [0.15, 0.2) is 0 Å². The Morgan fingerprint density at radius 2 is 1.33 bits per heavy atom. The lowest BCUT2D eigenvalue weighted by molar-refractivity contribution is -0.260. The Hall–Kier alpha value is -2.69. The van der Waals surface area contributed by atoms with Crippen LogP contribution in [-0.4, -0.2) is 66.2 Å². The van der Waals surface area contributed by atoms with Crippen molar-refractivity contribution >= 4 is 29.8 Å². The van der Waals surface area contributed by atoms with Crippen molar-refractivity contribution in [1.82, 2.24) is 0 Å². The van der Waals surface area contributed by atoms with E-state index in [-0.39, 0.29) is 13.0 Å². The van der Waals surface area contributed by atoms with Gasteiger partial charge in [-0.1, -0.05) is 0 Å². The molecule has 4 atom stereocenters. The molecule has 0 saturated carbocycles. The van der Waals surface area contributed by atoms with Gasteiger partial charge in [-0.2, -0.15) is 0 Å². The van der Waals surface area contributed by atoms with Crippen molar-refractivity contribution in [2.45, 2.75) is 65.6 Å². The summed E-state index contributed by atoms with van der Waals surface area (Å²) in [4.78, 5) is 53.6. The summed E-state index contributed by atoms with van der Waals surface area (Å²) in [5.74, 6) is -3.20. The summed E-state index contributed by atoms with van der Waals surface area (Å²) in [5.41, 5.74) is 0. The highest BCUT2D eigenvalue weighted by molar-refractivity contribution is 5.68. The van der Waals surface area contributed by atoms with E-state index in [0.717, 1.165) is 6.92 Å². The Kier molecular flexibility index (Phi) is 10.7. The number of aliphatic carboxylic acids is 1. The zero-order valence-electron chi connectivity index (χ0n) is 15.8. The number of carbonyl (C=O) groups excluding carboxylic acids is 4. The Labute approximate surface area is 155 Å². The SMILES string of the molecule is CC(=O)O.CC(=O)OC[C@H]1OC(OC(C)=O)C[C@@H](OC(C)=O)[C@@H]1OC(C)=O. The maximum absolute atomic E-state index is 11.3. The van der Waals surface area contributed by atoms with Crippen LogP contribution in [0.2, 0.25) is 0 Å². The first-order valence-corrected chi connectivity index (χ1v) is 7.92. The van der Waals surface area contributed by atoms with Gasteiger partial charge in [-0.3, -0.25) is 24.0 Å². The Morgan fingerprint density at radius 1 is 0.852 bits per heavy atom. The molecule has 1 heterocycles. The van der Waals surface area contributed by atoms with Gasteiger partial charge < -0.3 is 28.8 Å². The molecule has 154 valence electrons. The lowest BCUT2D eigenvalue weighted by Crippen LogP contribution is -2.54. The normalized spacial score (nSPS) is 23.7. The fourth-order valence-electron chi connectivity index (χ4n) is 2.16. The van der Waals surface area contributed by atoms with Crippen molar-refractivity contribution in [2.24, 2.45) is 0 Å². The fourth-order valence-corrected chi connectivity index (χ4v) is 2.16. The average molecular weight is 392 g/mol. The van der Waals surface area contributed by atoms with E-state index in [9.17, 15) is 19.2 Å². The highest BCUT2D eigenvalue weighted by Crippen LogP contribution is 2.27. The smallest absolute Gasteiger partial charge is 0.304 e. The van der Waals surface area contributed by atoms with Crippen LogP contribution < -0.4 is 0 Å². The maximum atomic E-state index is 11.3. The molecule has 0 aromatic heterocycles. The number of carboxylic acids is 1. The highest BCUT2D eigenvalue weighted by atomic mass is 16.7. The molecule has 0 bridgehead atoms. The molecule has 1 fully saturated rings. The number of esters is 4. The molecule has 1 unspecified atom stereocenters. The first-order chi connectivity index (χ1) is 12.4. The minimum Gasteiger partial charge on any atom is -0.481 e. The molecular weight excluding hydrogens is 368 g/mol. The minimum absolute atomic E-state index is 0.00627. The molecule has 27 heavy (non-hydrogen) atoms. The third kappa shape index (κ3) is 11.5. The molecule has 1 N–H and O–H groups in total. The fraction of sp³-hybridized carbons (Fsp3) is 0.688. The van der Waals surface area contributed by atoms with Crippen LogP contribution in [0.4, 0.5) is 0 Å². The van der Waals surface area contributed by atoms with Crippen LogP contribution in [0.25, 0.3) is 0 Å². The summed E-state index contributed by atoms with van der Waals surface area (Å²) < 4.78 is 25.6. The topological polar surface area (TPSA) is 152 Å². The van der Waals surface area contributed by atoms with Gasteiger partial charge in [-0.05, 0) is 0 Å². The standard InChI is InChI=1S/C14H20O9.C2H4O2/c1-7(15)19-6-12-14(22-10(4)18)11(20-8(2)16)5-13(23-12)21-9(3)17;1-2(3)4/h11-14H,5-6H2,1-4H3;1H3,(H,3,4)/t11-,12-,13?,14+;/m1./s1. The van der Waals surface area contributed by atoms with Crippen LogP contribution in [0.5, 0.6) is 0 Å². The largest absolute Gasteiger partial charge is 0.481 e. The lowest BCUT2D eigenvalue weighted by atomic mass is 10.0. The molecule has 0 spiro atoms. The molecule has 1 saturated heterocycles. The molecule has 0 aromatic rings. The zero-order valence-corrected chi connectivity index (χ0v) is 15.8. The van der Waals surface area contributed by atoms with Crippen LogP contribution in [0.3, 0.4) is 0 Å². The number of hydrogen-bond acceptors (Lipinski definition) is 10. The molecule has 1 rings (SSSR count). The van der Waals surface area contributed by atoms with Gasteiger partial charge in [0.15, 0.2) is 6.10 Å². The van der Waals surface area contributed by atoms with E-state index in [1.54, 1.807) is 0 Å². The van der Waals surface area contributed by atoms with Crippen LogP contribution >= 0.6 is 0 Å². The summed E-state index contributed by atoms with van der Waals surface area (Å²) in [6, 6.07) is 0. The molecule has 11 heteroatoms. The minimum atomic E-state index is -1.01. The van der Waals surface area contributed by atoms with Crippen molar-refractivity contribution in [3.05, 3.63) is 0 Å². The van der Waals surface area contributed by atoms with E-state index in [2.05, 4.69) is 0 Å². The van der Waals surface area contributed by atoms with Gasteiger partial charge in [-0.25, -0.2) is 0 Å². The predicted molar refractivity (Wildman–Crippen MR) is 86.1 cm³/mol. The molecule has 1 aliphatic heterocycles. The van der Waals surface area contributed by atoms with Gasteiger partial charge in [0.2, 0.25) is 6.29 Å². The van der Waals surface area contributed by atoms with Crippen molar-refractivity contribution in [2.75, 3.05) is 6.61 Å². The van der Waals surface area contributed by atoms with Gasteiger partial charge in [0.25, 0.3) is 5.97 Å². The summed E-state index contributed by atoms with van der Waals surface area (Å²) >= 11 is 0. The molecule has 0 radical (unpaired) electrons. The van der Waals surface area contributed by atoms with Crippen molar-refractivity contribution in [3.63, 3.8) is 0 Å². The quantitative estimate of drug-likeness (QED) is 0.504. The van der Waals surface area contributed by atoms with Gasteiger partial charge in [0.05, 0.1) is 6.42 Å². The summed E-state index contributed by atoms with van der Waals surface area (Å²) in [6.45, 7) is 5.62. The van der Waals surface area contributed by atoms with Gasteiger partial charge >= 0.3 is 23.9 Å². The van der Waals surface area contributed by atoms with E-state index >= 15 is 0 Å². The van der Waals surface area contributed by atoms with Crippen LogP contribution in [-0.2, 0) is 47.7 Å². The first-order valence-electron chi connectivity index (χ1n) is 7.92. The van der Waals surface area contributed by atoms with Crippen molar-refractivity contribution < 1.29 is 52.8 Å². The molecular formula is C16H24O11. The second-order valence-electron chi connectivity index (χ2n) is 5.49. The molecule has 1 aliphatic rings. The monoisotopic (exact) mass is 392 g/mol. The van der Waals surface area contributed by atoms with Crippen molar-refractivity contribution in [3.8, 4) is 0 Å². The van der Waals surface area contributed by atoms with Gasteiger partial charge in [0.1, 0.15) is 18.8 Å². The highest BCUT2D eigenvalue weighted by Gasteiger charge is 2.44. The van der Waals surface area contributed by atoms with Crippen LogP contribution in [0, 0.1) is 0 Å². The number of hydrogen-bond donors (Lipinski definition) is 1. The summed E-state index contributed by atoms with van der Waals surface area (Å²) in [5, 5.41) is 7.42. The molecule has 0 aliphatic carbocycles. The van der Waals surface area contributed by atoms with Crippen molar-refractivity contribution in [1.29, 1.82) is 0 Å². The summed E-state index contributed by atoms with van der Waals surface area (Å²) in [7, 11) is 0. The Bertz CT molecular complexity index is 553. The Morgan fingerprint density at radius 3 is 1.74 bits per heavy atom. The predicted octanol–water partition coefficient (Wildman–Crippen LogP) is 0.182. The molecule has 0 amide bonds. The number of carboxylic acid groups (broad SMARTS) is 1. The zero-order chi connectivity index (χ0) is 21.1. The van der Waals surface area contributed by atoms with E-state index < -0.39 is 54.4 Å². The van der Waals surface area contributed by atoms with Gasteiger partial charge in [0, 0.05) is 34.6 Å². The Balaban J connectivity index is 0.00000153. The number of rotatable bonds is 5. The second kappa shape index (κ2) is 11.8. The van der Waals surface area contributed by atoms with Crippen LogP contribution in [0.1, 0.15) is 41.0 Å². The molecule has 0 aromatic carbocycles. The van der Waals surface area contributed by atoms with E-state index in [1.165, 1.54) is 27.7 Å².